The van der Waals surface area contributed by atoms with Gasteiger partial charge in [-0.1, -0.05) is 32.6 Å². The zero-order chi connectivity index (χ0) is 8.53. The van der Waals surface area contributed by atoms with E-state index in [0.717, 1.165) is 0 Å². The van der Waals surface area contributed by atoms with Crippen molar-refractivity contribution in [1.29, 1.82) is 0 Å². The maximum absolute atomic E-state index is 2.34. The van der Waals surface area contributed by atoms with Crippen molar-refractivity contribution in [3.63, 3.8) is 0 Å². The Labute approximate surface area is 91.6 Å². The summed E-state index contributed by atoms with van der Waals surface area (Å²) >= 11 is 0. The van der Waals surface area contributed by atoms with E-state index in [4.69, 9.17) is 0 Å². The first-order valence-corrected chi connectivity index (χ1v) is 7.02. The van der Waals surface area contributed by atoms with Crippen molar-refractivity contribution in [3.8, 4) is 0 Å². The molecule has 0 atom stereocenters. The lowest BCUT2D eigenvalue weighted by Crippen LogP contribution is -3.00. The summed E-state index contributed by atoms with van der Waals surface area (Å²) in [6.07, 6.45) is 13.3. The van der Waals surface area contributed by atoms with Gasteiger partial charge in [0.15, 0.2) is 0 Å². The third-order valence-electron chi connectivity index (χ3n) is 1.91. The Morgan fingerprint density at radius 1 is 0.833 bits per heavy atom. The summed E-state index contributed by atoms with van der Waals surface area (Å²) in [6, 6.07) is 0. The number of hydrogen-bond donors (Lipinski definition) is 0. The Hall–Kier alpha value is 0.830. The van der Waals surface area contributed by atoms with Crippen LogP contribution < -0.4 is 17.0 Å². The molecule has 0 heterocycles. The van der Waals surface area contributed by atoms with Crippen LogP contribution in [0, 0.1) is 0 Å². The first-order valence-electron chi connectivity index (χ1n) is 4.81. The van der Waals surface area contributed by atoms with Crippen molar-refractivity contribution in [2.24, 2.45) is 0 Å². The van der Waals surface area contributed by atoms with Crippen LogP contribution in [0.5, 0.6) is 0 Å². The van der Waals surface area contributed by atoms with Crippen LogP contribution in [0.1, 0.15) is 45.4 Å². The quantitative estimate of drug-likeness (QED) is 0.451. The first kappa shape index (κ1) is 15.3. The SMILES string of the molecule is CCCCCCCC[S+](C)C.[Br-]. The van der Waals surface area contributed by atoms with Gasteiger partial charge < -0.3 is 17.0 Å². The molecule has 0 spiro atoms. The highest BCUT2D eigenvalue weighted by atomic mass is 79.9. The minimum atomic E-state index is 0. The summed E-state index contributed by atoms with van der Waals surface area (Å²) in [4.78, 5) is 0. The molecule has 0 radical (unpaired) electrons. The second-order valence-electron chi connectivity index (χ2n) is 3.46. The Bertz CT molecular complexity index is 74.2. The van der Waals surface area contributed by atoms with Crippen molar-refractivity contribution in [2.75, 3.05) is 18.3 Å². The van der Waals surface area contributed by atoms with Gasteiger partial charge in [-0.25, -0.2) is 0 Å². The molecular weight excluding hydrogens is 232 g/mol. The number of unbranched alkanes of at least 4 members (excludes halogenated alkanes) is 5. The number of hydrogen-bond acceptors (Lipinski definition) is 0. The Morgan fingerprint density at radius 3 is 1.83 bits per heavy atom. The van der Waals surface area contributed by atoms with Crippen LogP contribution in [0.4, 0.5) is 0 Å². The van der Waals surface area contributed by atoms with E-state index in [1.165, 1.54) is 44.3 Å². The third-order valence-corrected chi connectivity index (χ3v) is 3.01. The van der Waals surface area contributed by atoms with Crippen molar-refractivity contribution in [2.45, 2.75) is 45.4 Å². The topological polar surface area (TPSA) is 0 Å². The molecule has 0 amide bonds. The van der Waals surface area contributed by atoms with Crippen molar-refractivity contribution < 1.29 is 17.0 Å². The highest BCUT2D eigenvalue weighted by Crippen LogP contribution is 2.05. The van der Waals surface area contributed by atoms with E-state index in [9.17, 15) is 0 Å². The molecule has 0 N–H and O–H groups in total. The van der Waals surface area contributed by atoms with Gasteiger partial charge in [-0.15, -0.1) is 0 Å². The predicted octanol–water partition coefficient (Wildman–Crippen LogP) is 0.229. The van der Waals surface area contributed by atoms with E-state index in [-0.39, 0.29) is 17.0 Å². The van der Waals surface area contributed by atoms with Gasteiger partial charge >= 0.3 is 0 Å². The Morgan fingerprint density at radius 2 is 1.33 bits per heavy atom. The molecule has 12 heavy (non-hydrogen) atoms. The fourth-order valence-corrected chi connectivity index (χ4v) is 1.95. The monoisotopic (exact) mass is 254 g/mol. The van der Waals surface area contributed by atoms with E-state index in [1.54, 1.807) is 0 Å². The van der Waals surface area contributed by atoms with E-state index in [2.05, 4.69) is 19.4 Å². The van der Waals surface area contributed by atoms with Crippen LogP contribution in [-0.4, -0.2) is 18.3 Å². The molecule has 0 aliphatic carbocycles. The highest BCUT2D eigenvalue weighted by molar-refractivity contribution is 7.95. The maximum atomic E-state index is 2.34. The second-order valence-corrected chi connectivity index (χ2v) is 5.84. The molecular formula is C10H23BrS. The fourth-order valence-electron chi connectivity index (χ4n) is 1.17. The van der Waals surface area contributed by atoms with Gasteiger partial charge in [0.1, 0.15) is 5.75 Å². The van der Waals surface area contributed by atoms with Gasteiger partial charge in [-0.2, -0.15) is 0 Å². The lowest BCUT2D eigenvalue weighted by Gasteiger charge is -1.98. The third kappa shape index (κ3) is 13.4. The molecule has 0 bridgehead atoms. The highest BCUT2D eigenvalue weighted by Gasteiger charge is 1.99. The average molecular weight is 255 g/mol. The maximum Gasteiger partial charge on any atom is 0.107 e. The van der Waals surface area contributed by atoms with Crippen LogP contribution >= 0.6 is 0 Å². The first-order chi connectivity index (χ1) is 5.27. The molecule has 2 heteroatoms. The molecule has 0 rings (SSSR count). The summed E-state index contributed by atoms with van der Waals surface area (Å²) in [5.74, 6) is 1.45. The molecule has 0 aromatic carbocycles. The summed E-state index contributed by atoms with van der Waals surface area (Å²) < 4.78 is 0. The summed E-state index contributed by atoms with van der Waals surface area (Å²) in [5, 5.41) is 0. The molecule has 0 nitrogen and oxygen atoms in total. The molecule has 0 aromatic heterocycles. The van der Waals surface area contributed by atoms with E-state index < -0.39 is 0 Å². The largest absolute Gasteiger partial charge is 1.00 e. The van der Waals surface area contributed by atoms with Crippen LogP contribution in [0.15, 0.2) is 0 Å². The second kappa shape index (κ2) is 11.8. The summed E-state index contributed by atoms with van der Waals surface area (Å²) in [5.41, 5.74) is 0. The smallest absolute Gasteiger partial charge is 0.107 e. The zero-order valence-corrected chi connectivity index (χ0v) is 11.1. The predicted molar refractivity (Wildman–Crippen MR) is 57.5 cm³/mol. The molecule has 0 saturated heterocycles. The molecule has 0 aliphatic rings. The zero-order valence-electron chi connectivity index (χ0n) is 8.74. The van der Waals surface area contributed by atoms with Gasteiger partial charge in [0.05, 0.1) is 12.5 Å². The lowest BCUT2D eigenvalue weighted by atomic mass is 10.1. The summed E-state index contributed by atoms with van der Waals surface area (Å²) in [7, 11) is 0.677. The summed E-state index contributed by atoms with van der Waals surface area (Å²) in [6.45, 7) is 2.27. The van der Waals surface area contributed by atoms with E-state index in [0.29, 0.717) is 10.9 Å². The minimum Gasteiger partial charge on any atom is -1.00 e. The Kier molecular flexibility index (Phi) is 15.1. The fraction of sp³-hybridized carbons (Fsp3) is 1.00. The Balaban J connectivity index is 0. The van der Waals surface area contributed by atoms with Crippen LogP contribution in [0.25, 0.3) is 0 Å². The molecule has 76 valence electrons. The van der Waals surface area contributed by atoms with Gasteiger partial charge in [0.25, 0.3) is 0 Å². The van der Waals surface area contributed by atoms with E-state index >= 15 is 0 Å². The normalized spacial score (nSPS) is 10.0. The van der Waals surface area contributed by atoms with Gasteiger partial charge in [-0.05, 0) is 23.7 Å². The lowest BCUT2D eigenvalue weighted by molar-refractivity contribution is -0.00000262. The van der Waals surface area contributed by atoms with Crippen molar-refractivity contribution in [3.05, 3.63) is 0 Å². The minimum absolute atomic E-state index is 0. The van der Waals surface area contributed by atoms with Crippen molar-refractivity contribution >= 4 is 10.9 Å². The molecule has 0 saturated carbocycles. The van der Waals surface area contributed by atoms with Crippen molar-refractivity contribution in [1.82, 2.24) is 0 Å². The molecule has 0 aromatic rings. The van der Waals surface area contributed by atoms with Crippen LogP contribution in [0.3, 0.4) is 0 Å². The standard InChI is InChI=1S/C10H23S.BrH/c1-4-5-6-7-8-9-10-11(2)3;/h4-10H2,1-3H3;1H/q+1;/p-1. The average Bonchev–Trinajstić information content (AvgIpc) is 1.96. The van der Waals surface area contributed by atoms with Gasteiger partial charge in [0.2, 0.25) is 0 Å². The number of halogens is 1. The van der Waals surface area contributed by atoms with Gasteiger partial charge in [0, 0.05) is 0 Å². The van der Waals surface area contributed by atoms with E-state index in [1.807, 2.05) is 0 Å². The molecule has 0 aliphatic heterocycles. The molecule has 0 unspecified atom stereocenters. The number of rotatable bonds is 7. The van der Waals surface area contributed by atoms with Crippen LogP contribution in [0.2, 0.25) is 0 Å². The van der Waals surface area contributed by atoms with Crippen LogP contribution in [-0.2, 0) is 10.9 Å². The molecule has 0 fully saturated rings. The van der Waals surface area contributed by atoms with Gasteiger partial charge in [-0.3, -0.25) is 0 Å².